The van der Waals surface area contributed by atoms with E-state index in [1.807, 2.05) is 0 Å². The van der Waals surface area contributed by atoms with Crippen molar-refractivity contribution in [3.63, 3.8) is 0 Å². The van der Waals surface area contributed by atoms with Gasteiger partial charge in [0.1, 0.15) is 27.4 Å². The topological polar surface area (TPSA) is 145 Å². The van der Waals surface area contributed by atoms with Gasteiger partial charge in [-0.2, -0.15) is 0 Å². The van der Waals surface area contributed by atoms with Crippen LogP contribution in [0.2, 0.25) is 0 Å². The lowest BCUT2D eigenvalue weighted by Gasteiger charge is -2.05. The Bertz CT molecular complexity index is 629. The number of sulfone groups is 1. The van der Waals surface area contributed by atoms with Crippen molar-refractivity contribution in [2.45, 2.75) is 6.42 Å². The lowest BCUT2D eigenvalue weighted by Crippen LogP contribution is -2.26. The van der Waals surface area contributed by atoms with E-state index in [-0.39, 0.29) is 30.1 Å². The van der Waals surface area contributed by atoms with Crippen LogP contribution in [-0.4, -0.2) is 42.8 Å². The second-order valence-electron chi connectivity index (χ2n) is 4.12. The molecule has 1 rings (SSSR count). The maximum Gasteiger partial charge on any atom is 0.300 e. The zero-order valence-electron chi connectivity index (χ0n) is 10.7. The number of anilines is 1. The van der Waals surface area contributed by atoms with E-state index in [4.69, 9.17) is 5.73 Å². The molecule has 0 aromatic carbocycles. The van der Waals surface area contributed by atoms with Crippen LogP contribution in [0.25, 0.3) is 0 Å². The van der Waals surface area contributed by atoms with Crippen LogP contribution in [0.1, 0.15) is 16.8 Å². The minimum Gasteiger partial charge on any atom is -0.384 e. The Labute approximate surface area is 115 Å². The van der Waals surface area contributed by atoms with Crippen LogP contribution in [0.5, 0.6) is 0 Å². The van der Waals surface area contributed by atoms with Gasteiger partial charge in [-0.25, -0.2) is 13.4 Å². The summed E-state index contributed by atoms with van der Waals surface area (Å²) in [6.07, 6.45) is 2.21. The molecule has 110 valence electrons. The van der Waals surface area contributed by atoms with Gasteiger partial charge in [0.25, 0.3) is 11.6 Å². The lowest BCUT2D eigenvalue weighted by molar-refractivity contribution is -0.385. The molecule has 0 saturated heterocycles. The van der Waals surface area contributed by atoms with E-state index < -0.39 is 26.4 Å². The van der Waals surface area contributed by atoms with Crippen LogP contribution in [0, 0.1) is 10.1 Å². The van der Waals surface area contributed by atoms with E-state index in [1.165, 1.54) is 0 Å². The molecule has 1 aromatic rings. The number of amides is 1. The third-order valence-electron chi connectivity index (χ3n) is 2.32. The van der Waals surface area contributed by atoms with Gasteiger partial charge in [-0.1, -0.05) is 0 Å². The summed E-state index contributed by atoms with van der Waals surface area (Å²) in [5, 5.41) is 13.2. The van der Waals surface area contributed by atoms with Crippen molar-refractivity contribution >= 4 is 27.2 Å². The Morgan fingerprint density at radius 1 is 1.55 bits per heavy atom. The van der Waals surface area contributed by atoms with Gasteiger partial charge in [-0.3, -0.25) is 14.9 Å². The molecule has 1 aromatic heterocycles. The first kappa shape index (κ1) is 15.8. The molecule has 0 aliphatic rings. The Kier molecular flexibility index (Phi) is 4.97. The van der Waals surface area contributed by atoms with Gasteiger partial charge in [0.05, 0.1) is 10.7 Å². The zero-order valence-corrected chi connectivity index (χ0v) is 11.5. The van der Waals surface area contributed by atoms with E-state index >= 15 is 0 Å². The molecule has 10 heteroatoms. The molecule has 0 saturated carbocycles. The van der Waals surface area contributed by atoms with Crippen LogP contribution in [0.15, 0.2) is 12.3 Å². The fraction of sp³-hybridized carbons (Fsp3) is 0.400. The van der Waals surface area contributed by atoms with Gasteiger partial charge in [-0.05, 0) is 12.5 Å². The maximum absolute atomic E-state index is 11.8. The van der Waals surface area contributed by atoms with Crippen molar-refractivity contribution in [2.24, 2.45) is 0 Å². The molecule has 0 atom stereocenters. The van der Waals surface area contributed by atoms with Crippen molar-refractivity contribution < 1.29 is 18.1 Å². The fourth-order valence-electron chi connectivity index (χ4n) is 1.42. The first-order valence-electron chi connectivity index (χ1n) is 5.56. The Balaban J connectivity index is 2.72. The summed E-state index contributed by atoms with van der Waals surface area (Å²) in [5.74, 6) is -0.787. The summed E-state index contributed by atoms with van der Waals surface area (Å²) in [4.78, 5) is 25.4. The number of nitrogen functional groups attached to an aromatic ring is 1. The minimum atomic E-state index is -3.10. The highest BCUT2D eigenvalue weighted by Crippen LogP contribution is 2.18. The number of carbonyl (C=O) groups excluding carboxylic acids is 1. The second-order valence-corrected chi connectivity index (χ2v) is 6.38. The fourth-order valence-corrected chi connectivity index (χ4v) is 2.09. The number of hydrogen-bond donors (Lipinski definition) is 2. The number of aromatic nitrogens is 1. The van der Waals surface area contributed by atoms with Crippen LogP contribution >= 0.6 is 0 Å². The number of nitrogens with one attached hydrogen (secondary N) is 1. The molecule has 1 heterocycles. The molecule has 3 N–H and O–H groups in total. The molecule has 1 amide bonds. The van der Waals surface area contributed by atoms with E-state index in [9.17, 15) is 23.3 Å². The molecular weight excluding hydrogens is 288 g/mol. The molecule has 0 unspecified atom stereocenters. The number of nitrogens with two attached hydrogens (primary N) is 1. The normalized spacial score (nSPS) is 11.1. The first-order chi connectivity index (χ1) is 9.20. The van der Waals surface area contributed by atoms with Crippen LogP contribution in [-0.2, 0) is 9.84 Å². The molecule has 0 radical (unpaired) electrons. The summed E-state index contributed by atoms with van der Waals surface area (Å²) in [7, 11) is -3.10. The van der Waals surface area contributed by atoms with Crippen LogP contribution in [0.3, 0.4) is 0 Å². The average Bonchev–Trinajstić information content (AvgIpc) is 2.32. The monoisotopic (exact) mass is 302 g/mol. The van der Waals surface area contributed by atoms with Crippen molar-refractivity contribution in [2.75, 3.05) is 24.3 Å². The third-order valence-corrected chi connectivity index (χ3v) is 3.35. The van der Waals surface area contributed by atoms with E-state index in [0.717, 1.165) is 18.5 Å². The largest absolute Gasteiger partial charge is 0.384 e. The highest BCUT2D eigenvalue weighted by Gasteiger charge is 2.20. The summed E-state index contributed by atoms with van der Waals surface area (Å²) in [6.45, 7) is 0.0886. The molecule has 9 nitrogen and oxygen atoms in total. The molecule has 20 heavy (non-hydrogen) atoms. The highest BCUT2D eigenvalue weighted by atomic mass is 32.2. The smallest absolute Gasteiger partial charge is 0.300 e. The maximum atomic E-state index is 11.8. The predicted molar refractivity (Wildman–Crippen MR) is 72.0 cm³/mol. The van der Waals surface area contributed by atoms with Gasteiger partial charge in [0, 0.05) is 12.8 Å². The van der Waals surface area contributed by atoms with Crippen molar-refractivity contribution in [3.8, 4) is 0 Å². The molecular formula is C10H14N4O5S. The Hall–Kier alpha value is -2.23. The van der Waals surface area contributed by atoms with Gasteiger partial charge in [-0.15, -0.1) is 0 Å². The highest BCUT2D eigenvalue weighted by molar-refractivity contribution is 7.90. The Morgan fingerprint density at radius 3 is 2.75 bits per heavy atom. The number of hydrogen-bond acceptors (Lipinski definition) is 7. The number of pyridine rings is 1. The first-order valence-corrected chi connectivity index (χ1v) is 7.62. The van der Waals surface area contributed by atoms with Gasteiger partial charge in [0.2, 0.25) is 0 Å². The van der Waals surface area contributed by atoms with Crippen LogP contribution in [0.4, 0.5) is 11.5 Å². The van der Waals surface area contributed by atoms with Crippen molar-refractivity contribution in [3.05, 3.63) is 27.9 Å². The Morgan fingerprint density at radius 2 is 2.20 bits per heavy atom. The van der Waals surface area contributed by atoms with Gasteiger partial charge >= 0.3 is 0 Å². The van der Waals surface area contributed by atoms with E-state index in [2.05, 4.69) is 10.3 Å². The van der Waals surface area contributed by atoms with E-state index in [1.54, 1.807) is 0 Å². The van der Waals surface area contributed by atoms with E-state index in [0.29, 0.717) is 0 Å². The molecule has 0 bridgehead atoms. The number of nitro groups is 1. The summed E-state index contributed by atoms with van der Waals surface area (Å²) < 4.78 is 21.8. The molecule has 0 fully saturated rings. The second kappa shape index (κ2) is 6.28. The predicted octanol–water partition coefficient (Wildman–Crippen LogP) is -0.263. The molecule has 0 spiro atoms. The average molecular weight is 302 g/mol. The quantitative estimate of drug-likeness (QED) is 0.418. The number of nitrogens with zero attached hydrogens (tertiary/aromatic N) is 2. The zero-order chi connectivity index (χ0) is 15.3. The van der Waals surface area contributed by atoms with Gasteiger partial charge in [0.15, 0.2) is 0 Å². The van der Waals surface area contributed by atoms with Crippen molar-refractivity contribution in [1.29, 1.82) is 0 Å². The van der Waals surface area contributed by atoms with Crippen molar-refractivity contribution in [1.82, 2.24) is 10.3 Å². The third kappa shape index (κ3) is 4.80. The SMILES string of the molecule is CS(=O)(=O)CCCNC(=O)c1cc(N)ncc1[N+](=O)[O-]. The summed E-state index contributed by atoms with van der Waals surface area (Å²) in [5.41, 5.74) is 4.72. The lowest BCUT2D eigenvalue weighted by atomic mass is 10.2. The van der Waals surface area contributed by atoms with Crippen LogP contribution < -0.4 is 11.1 Å². The standard InChI is InChI=1S/C10H14N4O5S/c1-20(18,19)4-2-3-12-10(15)7-5-9(11)13-6-8(7)14(16)17/h5-6H,2-4H2,1H3,(H2,11,13)(H,12,15). The summed E-state index contributed by atoms with van der Waals surface area (Å²) >= 11 is 0. The number of rotatable bonds is 6. The van der Waals surface area contributed by atoms with Gasteiger partial charge < -0.3 is 11.1 Å². The molecule has 0 aliphatic heterocycles. The summed E-state index contributed by atoms with van der Waals surface area (Å²) in [6, 6.07) is 1.10. The number of carbonyl (C=O) groups is 1. The minimum absolute atomic E-state index is 0.0168. The molecule has 0 aliphatic carbocycles.